The summed E-state index contributed by atoms with van der Waals surface area (Å²) in [5, 5.41) is 9.07. The Morgan fingerprint density at radius 3 is 1.78 bits per heavy atom. The van der Waals surface area contributed by atoms with Crippen LogP contribution in [0.3, 0.4) is 0 Å². The van der Waals surface area contributed by atoms with E-state index in [0.717, 1.165) is 97.0 Å². The monoisotopic (exact) mass is 1590 g/mol. The molecular weight excluding hydrogens is 1470 g/mol. The van der Waals surface area contributed by atoms with Gasteiger partial charge in [-0.1, -0.05) is 152 Å². The third-order valence-corrected chi connectivity index (χ3v) is 25.4. The van der Waals surface area contributed by atoms with Gasteiger partial charge in [-0.2, -0.15) is 0 Å². The molecule has 6 amide bonds. The molecule has 0 bridgehead atoms. The molecule has 1 heterocycles. The van der Waals surface area contributed by atoms with E-state index in [9.17, 15) is 47.9 Å². The molecule has 22 nitrogen and oxygen atoms in total. The molecule has 10 rings (SSSR count). The van der Waals surface area contributed by atoms with Crippen LogP contribution < -0.4 is 38.1 Å². The molecule has 2 saturated carbocycles. The number of carbonyl (C=O) groups is 10. The summed E-state index contributed by atoms with van der Waals surface area (Å²) in [6, 6.07) is 33.1. The minimum absolute atomic E-state index is 0.000831. The van der Waals surface area contributed by atoms with Gasteiger partial charge >= 0.3 is 5.97 Å². The van der Waals surface area contributed by atoms with E-state index in [2.05, 4.69) is 79.8 Å². The number of para-hydroxylation sites is 1. The fourth-order valence-corrected chi connectivity index (χ4v) is 18.7. The van der Waals surface area contributed by atoms with Crippen LogP contribution in [0.2, 0.25) is 0 Å². The van der Waals surface area contributed by atoms with Crippen LogP contribution in [0.25, 0.3) is 0 Å². The number of esters is 1. The average Bonchev–Trinajstić information content (AvgIpc) is 0.721. The van der Waals surface area contributed by atoms with Gasteiger partial charge in [-0.25, -0.2) is 0 Å². The summed E-state index contributed by atoms with van der Waals surface area (Å²) in [6.07, 6.45) is 13.2. The molecule has 0 unspecified atom stereocenters. The summed E-state index contributed by atoms with van der Waals surface area (Å²) < 4.78 is 28.2. The van der Waals surface area contributed by atoms with E-state index in [1.807, 2.05) is 74.5 Å². The van der Waals surface area contributed by atoms with Crippen LogP contribution in [0.1, 0.15) is 239 Å². The maximum atomic E-state index is 14.8. The molecule has 9 atom stereocenters. The van der Waals surface area contributed by atoms with Crippen LogP contribution in [0.5, 0.6) is 0 Å². The Hall–Kier alpha value is -9.24. The van der Waals surface area contributed by atoms with E-state index < -0.39 is 40.6 Å². The first-order chi connectivity index (χ1) is 55.7. The number of nitrogens with zero attached hydrogens (tertiary/aromatic N) is 1. The normalized spacial score (nSPS) is 21.2. The van der Waals surface area contributed by atoms with E-state index >= 15 is 0 Å². The number of Topliss-reactive ketones (excluding diaryl/α,β-unsaturated/α-hetero) is 3. The number of imide groups is 1. The van der Waals surface area contributed by atoms with Gasteiger partial charge in [0, 0.05) is 86.4 Å². The fourth-order valence-electron chi connectivity index (χ4n) is 18.7. The molecule has 5 aromatic carbocycles. The number of amides is 6. The molecule has 22 heteroatoms. The maximum absolute atomic E-state index is 14.8. The van der Waals surface area contributed by atoms with E-state index in [0.29, 0.717) is 109 Å². The highest BCUT2D eigenvalue weighted by molar-refractivity contribution is 6.01. The van der Waals surface area contributed by atoms with Gasteiger partial charge in [0.05, 0.1) is 81.4 Å². The Labute approximate surface area is 685 Å². The highest BCUT2D eigenvalue weighted by atomic mass is 16.6. The van der Waals surface area contributed by atoms with E-state index in [1.54, 1.807) is 29.2 Å². The predicted molar refractivity (Wildman–Crippen MR) is 446 cm³/mol. The Balaban J connectivity index is 0.567. The van der Waals surface area contributed by atoms with E-state index in [-0.39, 0.29) is 153 Å². The number of nitrogen functional groups attached to an aromatic ring is 1. The quantitative estimate of drug-likeness (QED) is 0.00694. The van der Waals surface area contributed by atoms with Gasteiger partial charge in [0.25, 0.3) is 0 Å². The Kier molecular flexibility index (Phi) is 32.5. The standard InChI is InChI=1S/C94H123N7O15/c1-63(2)75(60-74(103)44-50-113-52-54-115-56-55-114-53-51-112-49-16-22-73(102)40-43-85(106)101-61-70-21-11-10-19-66(70)32-33-69-20-12-14-25-80(69)101)87(108)99-79(24-13-15-26-84(97)105)81(104)57-64-28-30-65(31-29-64)62-116-86(107)27-9-7-8-23-78(96)88(109)98-72-39-35-68-37-42-83-92(4,77(68)59-72)46-18-48-94(83,6)90(111)100-89(110)93(5)47-17-45-91(3)76-58-71(95)38-34-67(76)36-41-82(91)93/h10-12,14,19-21,25,28-31,34-35,38-39,58-59,63,75,78-79,82-83H,7-9,13,15-18,22-24,26-27,36-37,40-57,60-62,95-96H2,1-6H3,(H2,97,105)(H,98,109)(H,99,108)(H,100,110,111)/t75-,78-,79-,82+,83+,91+,92+,93-,94-/m0/s1. The number of carbonyl (C=O) groups excluding carboxylic acids is 10. The summed E-state index contributed by atoms with van der Waals surface area (Å²) in [5.74, 6) is 3.14. The lowest BCUT2D eigenvalue weighted by Crippen LogP contribution is -2.60. The maximum Gasteiger partial charge on any atom is 0.306 e. The highest BCUT2D eigenvalue weighted by Gasteiger charge is 2.59. The minimum Gasteiger partial charge on any atom is -0.461 e. The van der Waals surface area contributed by atoms with Crippen molar-refractivity contribution in [3.63, 3.8) is 0 Å². The van der Waals surface area contributed by atoms with Crippen LogP contribution in [0.4, 0.5) is 17.1 Å². The van der Waals surface area contributed by atoms with E-state index in [1.165, 1.54) is 16.7 Å². The number of ether oxygens (including phenoxy) is 5. The van der Waals surface area contributed by atoms with Crippen LogP contribution in [-0.4, -0.2) is 124 Å². The van der Waals surface area contributed by atoms with Crippen molar-refractivity contribution < 1.29 is 71.6 Å². The number of unbranched alkanes of at least 4 members (excludes halogenated alkanes) is 3. The SMILES string of the molecule is CC(C)[C@H](CC(=O)CCOCCOCCOCCOCCCC(=O)CCC(=O)N1Cc2ccccc2C#Cc2ccccc21)C(=O)N[C@@H](CCCCC(N)=O)C(=O)Cc1ccc(COC(=O)CCCCC[C@H](N)C(=O)Nc2ccc3c(c2)[C@@]2(C)CCC[C@](C)(C(=O)NC(=O)[C@@]4(C)CCC[C@]5(C)c6cc(N)ccc6CC[C@@H]45)[C@@H]2CC3)cc1. The molecule has 0 saturated heterocycles. The number of ketones is 3. The Bertz CT molecular complexity index is 4360. The molecule has 0 radical (unpaired) electrons. The van der Waals surface area contributed by atoms with Crippen molar-refractivity contribution in [2.75, 3.05) is 68.8 Å². The number of anilines is 3. The van der Waals surface area contributed by atoms with Gasteiger partial charge in [0.1, 0.15) is 18.2 Å². The molecule has 116 heavy (non-hydrogen) atoms. The Morgan fingerprint density at radius 2 is 1.13 bits per heavy atom. The van der Waals surface area contributed by atoms with Crippen molar-refractivity contribution >= 4 is 75.8 Å². The molecule has 2 fully saturated rings. The molecule has 9 N–H and O–H groups in total. The lowest BCUT2D eigenvalue weighted by Gasteiger charge is -2.56. The van der Waals surface area contributed by atoms with Crippen LogP contribution in [0, 0.1) is 46.3 Å². The van der Waals surface area contributed by atoms with Crippen molar-refractivity contribution in [3.8, 4) is 11.8 Å². The number of benzene rings is 5. The fraction of sp³-hybridized carbons (Fsp3) is 0.553. The topological polar surface area (TPSA) is 334 Å². The van der Waals surface area contributed by atoms with Gasteiger partial charge in [0.2, 0.25) is 35.4 Å². The predicted octanol–water partition coefficient (Wildman–Crippen LogP) is 13.0. The molecule has 0 aromatic heterocycles. The molecule has 0 spiro atoms. The van der Waals surface area contributed by atoms with Crippen LogP contribution in [0.15, 0.2) is 109 Å². The number of primary amides is 1. The first kappa shape index (κ1) is 89.1. The van der Waals surface area contributed by atoms with Crippen molar-refractivity contribution in [1.29, 1.82) is 0 Å². The summed E-state index contributed by atoms with van der Waals surface area (Å²) in [7, 11) is 0. The van der Waals surface area contributed by atoms with Crippen LogP contribution >= 0.6 is 0 Å². The number of fused-ring (bicyclic) bond motifs is 8. The zero-order valence-corrected chi connectivity index (χ0v) is 69.1. The first-order valence-corrected chi connectivity index (χ1v) is 42.3. The molecule has 4 aliphatic carbocycles. The van der Waals surface area contributed by atoms with Gasteiger partial charge in [-0.05, 0) is 193 Å². The lowest BCUT2D eigenvalue weighted by atomic mass is 9.49. The molecular formula is C94H123N7O15. The number of nitrogens with two attached hydrogens (primary N) is 3. The second-order valence-corrected chi connectivity index (χ2v) is 34.1. The van der Waals surface area contributed by atoms with E-state index in [4.69, 9.17) is 40.9 Å². The number of hydrogen-bond acceptors (Lipinski definition) is 17. The van der Waals surface area contributed by atoms with Crippen molar-refractivity contribution in [1.82, 2.24) is 10.6 Å². The smallest absolute Gasteiger partial charge is 0.306 e. The molecule has 5 aromatic rings. The van der Waals surface area contributed by atoms with Crippen molar-refractivity contribution in [3.05, 3.63) is 159 Å². The van der Waals surface area contributed by atoms with Crippen LogP contribution in [-0.2, 0) is 115 Å². The Morgan fingerprint density at radius 1 is 0.552 bits per heavy atom. The molecule has 624 valence electrons. The third-order valence-electron chi connectivity index (χ3n) is 25.4. The number of nitrogens with one attached hydrogen (secondary N) is 3. The lowest BCUT2D eigenvalue weighted by molar-refractivity contribution is -0.150. The average molecular weight is 1590 g/mol. The van der Waals surface area contributed by atoms with Crippen molar-refractivity contribution in [2.24, 2.45) is 46.0 Å². The molecule has 5 aliphatic rings. The molecule has 1 aliphatic heterocycles. The summed E-state index contributed by atoms with van der Waals surface area (Å²) >= 11 is 0. The second-order valence-electron chi connectivity index (χ2n) is 34.1. The number of rotatable bonds is 44. The van der Waals surface area contributed by atoms with Gasteiger partial charge < -0.3 is 56.4 Å². The third kappa shape index (κ3) is 23.6. The second kappa shape index (κ2) is 42.2. The zero-order valence-electron chi connectivity index (χ0n) is 69.1. The van der Waals surface area contributed by atoms with Crippen molar-refractivity contribution in [2.45, 2.75) is 245 Å². The first-order valence-electron chi connectivity index (χ1n) is 42.3. The number of aryl methyl sites for hydroxylation is 2. The summed E-state index contributed by atoms with van der Waals surface area (Å²) in [5.41, 5.74) is 27.2. The minimum atomic E-state index is -0.881. The highest BCUT2D eigenvalue weighted by Crippen LogP contribution is 2.60. The van der Waals surface area contributed by atoms with Gasteiger partial charge in [-0.15, -0.1) is 0 Å². The largest absolute Gasteiger partial charge is 0.461 e. The summed E-state index contributed by atoms with van der Waals surface area (Å²) in [4.78, 5) is 137. The summed E-state index contributed by atoms with van der Waals surface area (Å²) in [6.45, 7) is 15.2. The van der Waals surface area contributed by atoms with Gasteiger partial charge in [0.15, 0.2) is 5.78 Å². The van der Waals surface area contributed by atoms with Gasteiger partial charge in [-0.3, -0.25) is 53.3 Å². The zero-order chi connectivity index (χ0) is 83.0. The number of hydrogen-bond donors (Lipinski definition) is 6.